The quantitative estimate of drug-likeness (QED) is 0.750. The third-order valence-electron chi connectivity index (χ3n) is 2.87. The average Bonchev–Trinajstić information content (AvgIpc) is 2.58. The number of likely N-dealkylation sites (tertiary alicyclic amines) is 1. The summed E-state index contributed by atoms with van der Waals surface area (Å²) in [7, 11) is 0. The summed E-state index contributed by atoms with van der Waals surface area (Å²) in [6.45, 7) is 3.12. The molecule has 0 saturated carbocycles. The number of carbonyl (C=O) groups is 2. The van der Waals surface area contributed by atoms with E-state index < -0.39 is 42.2 Å². The van der Waals surface area contributed by atoms with Gasteiger partial charge >= 0.3 is 18.2 Å². The van der Waals surface area contributed by atoms with Crippen molar-refractivity contribution >= 4 is 12.1 Å². The maximum Gasteiger partial charge on any atom is 0.407 e. The molecule has 0 spiro atoms. The second-order valence-corrected chi connectivity index (χ2v) is 5.54. The Hall–Kier alpha value is -1.47. The summed E-state index contributed by atoms with van der Waals surface area (Å²) in [4.78, 5) is 23.1. The Morgan fingerprint density at radius 2 is 1.79 bits per heavy atom. The molecule has 0 aromatic carbocycles. The van der Waals surface area contributed by atoms with Crippen LogP contribution in [0.2, 0.25) is 0 Å². The molecule has 0 aromatic heterocycles. The highest BCUT2D eigenvalue weighted by Gasteiger charge is 2.65. The van der Waals surface area contributed by atoms with Crippen LogP contribution in [0, 0.1) is 5.41 Å². The van der Waals surface area contributed by atoms with Gasteiger partial charge in [0.2, 0.25) is 0 Å². The highest BCUT2D eigenvalue weighted by atomic mass is 19.4. The van der Waals surface area contributed by atoms with Crippen molar-refractivity contribution in [2.75, 3.05) is 13.1 Å². The van der Waals surface area contributed by atoms with Crippen molar-refractivity contribution in [2.24, 2.45) is 5.41 Å². The number of amides is 1. The molecular weight excluding hydrogens is 267 g/mol. The maximum absolute atomic E-state index is 13.2. The molecular formula is C11H16F3NO4. The van der Waals surface area contributed by atoms with Gasteiger partial charge in [0.15, 0.2) is 5.41 Å². The van der Waals surface area contributed by atoms with Gasteiger partial charge in [0.05, 0.1) is 0 Å². The molecule has 1 saturated heterocycles. The molecule has 1 atom stereocenters. The van der Waals surface area contributed by atoms with E-state index in [0.717, 1.165) is 0 Å². The van der Waals surface area contributed by atoms with Crippen molar-refractivity contribution in [1.82, 2.24) is 4.90 Å². The molecule has 1 heterocycles. The predicted molar refractivity (Wildman–Crippen MR) is 58.5 cm³/mol. The summed E-state index contributed by atoms with van der Waals surface area (Å²) in [6.07, 6.45) is -6.94. The number of hydrogen-bond donors (Lipinski definition) is 1. The largest absolute Gasteiger partial charge is 0.465 e. The first kappa shape index (κ1) is 15.6. The lowest BCUT2D eigenvalue weighted by atomic mass is 9.86. The smallest absolute Gasteiger partial charge is 0.407 e. The van der Waals surface area contributed by atoms with E-state index in [4.69, 9.17) is 9.84 Å². The van der Waals surface area contributed by atoms with Crippen LogP contribution in [0.25, 0.3) is 0 Å². The Morgan fingerprint density at radius 3 is 2.11 bits per heavy atom. The van der Waals surface area contributed by atoms with E-state index in [1.165, 1.54) is 20.8 Å². The number of esters is 1. The summed E-state index contributed by atoms with van der Waals surface area (Å²) in [5.74, 6) is -1.42. The maximum atomic E-state index is 13.2. The lowest BCUT2D eigenvalue weighted by Crippen LogP contribution is -2.50. The minimum Gasteiger partial charge on any atom is -0.465 e. The fourth-order valence-corrected chi connectivity index (χ4v) is 1.86. The average molecular weight is 283 g/mol. The fraction of sp³-hybridized carbons (Fsp3) is 0.818. The molecule has 1 amide bonds. The zero-order valence-electron chi connectivity index (χ0n) is 10.9. The SMILES string of the molecule is CC(C)(C)OC(=O)C1(C(F)(F)F)CCN(C(=O)O)C1. The van der Waals surface area contributed by atoms with E-state index >= 15 is 0 Å². The van der Waals surface area contributed by atoms with Crippen LogP contribution in [0.3, 0.4) is 0 Å². The number of carbonyl (C=O) groups excluding carboxylic acids is 1. The van der Waals surface area contributed by atoms with Crippen molar-refractivity contribution in [1.29, 1.82) is 0 Å². The van der Waals surface area contributed by atoms with Crippen molar-refractivity contribution in [3.63, 3.8) is 0 Å². The van der Waals surface area contributed by atoms with Gasteiger partial charge in [0.25, 0.3) is 0 Å². The van der Waals surface area contributed by atoms with Gasteiger partial charge in [0.1, 0.15) is 5.60 Å². The molecule has 0 aromatic rings. The molecule has 1 rings (SSSR count). The number of halogens is 3. The minimum atomic E-state index is -4.85. The van der Waals surface area contributed by atoms with Crippen molar-refractivity contribution in [2.45, 2.75) is 39.0 Å². The Bertz CT molecular complexity index is 388. The highest BCUT2D eigenvalue weighted by molar-refractivity contribution is 5.80. The molecule has 1 aliphatic rings. The van der Waals surface area contributed by atoms with E-state index in [1.807, 2.05) is 0 Å². The van der Waals surface area contributed by atoms with Gasteiger partial charge in [-0.15, -0.1) is 0 Å². The zero-order chi connectivity index (χ0) is 15.1. The summed E-state index contributed by atoms with van der Waals surface area (Å²) in [5.41, 5.74) is -3.83. The fourth-order valence-electron chi connectivity index (χ4n) is 1.86. The van der Waals surface area contributed by atoms with Gasteiger partial charge in [0, 0.05) is 13.1 Å². The molecule has 1 N–H and O–H groups in total. The van der Waals surface area contributed by atoms with Crippen molar-refractivity contribution < 1.29 is 32.6 Å². The van der Waals surface area contributed by atoms with Crippen molar-refractivity contribution in [3.8, 4) is 0 Å². The normalized spacial score (nSPS) is 24.4. The van der Waals surface area contributed by atoms with Crippen LogP contribution in [-0.4, -0.2) is 46.9 Å². The first-order chi connectivity index (χ1) is 8.39. The molecule has 5 nitrogen and oxygen atoms in total. The molecule has 0 radical (unpaired) electrons. The molecule has 0 bridgehead atoms. The number of ether oxygens (including phenoxy) is 1. The molecule has 1 fully saturated rings. The van der Waals surface area contributed by atoms with Crippen LogP contribution in [-0.2, 0) is 9.53 Å². The van der Waals surface area contributed by atoms with Crippen molar-refractivity contribution in [3.05, 3.63) is 0 Å². The summed E-state index contributed by atoms with van der Waals surface area (Å²) < 4.78 is 44.3. The third kappa shape index (κ3) is 3.10. The van der Waals surface area contributed by atoms with Gasteiger partial charge in [-0.25, -0.2) is 4.79 Å². The predicted octanol–water partition coefficient (Wildman–Crippen LogP) is 2.26. The standard InChI is InChI=1S/C11H16F3NO4/c1-9(2,3)19-7(16)10(11(12,13)14)4-5-15(6-10)8(17)18/h4-6H2,1-3H3,(H,17,18). The highest BCUT2D eigenvalue weighted by Crippen LogP contribution is 2.47. The molecule has 0 aliphatic carbocycles. The Kier molecular flexibility index (Phi) is 3.75. The van der Waals surface area contributed by atoms with Crippen LogP contribution in [0.1, 0.15) is 27.2 Å². The number of rotatable bonds is 1. The lowest BCUT2D eigenvalue weighted by molar-refractivity contribution is -0.235. The van der Waals surface area contributed by atoms with Gasteiger partial charge in [-0.2, -0.15) is 13.2 Å². The van der Waals surface area contributed by atoms with E-state index in [0.29, 0.717) is 4.90 Å². The monoisotopic (exact) mass is 283 g/mol. The van der Waals surface area contributed by atoms with Gasteiger partial charge < -0.3 is 14.7 Å². The number of carboxylic acid groups (broad SMARTS) is 1. The third-order valence-corrected chi connectivity index (χ3v) is 2.87. The van der Waals surface area contributed by atoms with Gasteiger partial charge in [-0.05, 0) is 27.2 Å². The summed E-state index contributed by atoms with van der Waals surface area (Å²) in [6, 6.07) is 0. The molecule has 110 valence electrons. The number of hydrogen-bond acceptors (Lipinski definition) is 3. The topological polar surface area (TPSA) is 66.8 Å². The number of nitrogens with zero attached hydrogens (tertiary/aromatic N) is 1. The van der Waals surface area contributed by atoms with Crippen LogP contribution >= 0.6 is 0 Å². The number of alkyl halides is 3. The van der Waals surface area contributed by atoms with E-state index in [1.54, 1.807) is 0 Å². The molecule has 8 heteroatoms. The minimum absolute atomic E-state index is 0.339. The molecule has 1 unspecified atom stereocenters. The summed E-state index contributed by atoms with van der Waals surface area (Å²) in [5, 5.41) is 8.73. The second-order valence-electron chi connectivity index (χ2n) is 5.54. The lowest BCUT2D eigenvalue weighted by Gasteiger charge is -2.32. The first-order valence-electron chi connectivity index (χ1n) is 5.67. The van der Waals surface area contributed by atoms with E-state index in [9.17, 15) is 22.8 Å². The van der Waals surface area contributed by atoms with Crippen LogP contribution in [0.4, 0.5) is 18.0 Å². The Morgan fingerprint density at radius 1 is 1.26 bits per heavy atom. The van der Waals surface area contributed by atoms with Crippen LogP contribution in [0.15, 0.2) is 0 Å². The first-order valence-corrected chi connectivity index (χ1v) is 5.67. The van der Waals surface area contributed by atoms with Crippen LogP contribution < -0.4 is 0 Å². The zero-order valence-corrected chi connectivity index (χ0v) is 10.9. The summed E-state index contributed by atoms with van der Waals surface area (Å²) >= 11 is 0. The molecule has 19 heavy (non-hydrogen) atoms. The van der Waals surface area contributed by atoms with E-state index in [2.05, 4.69) is 0 Å². The van der Waals surface area contributed by atoms with Gasteiger partial charge in [-0.3, -0.25) is 4.79 Å². The van der Waals surface area contributed by atoms with Crippen LogP contribution in [0.5, 0.6) is 0 Å². The van der Waals surface area contributed by atoms with E-state index in [-0.39, 0.29) is 6.54 Å². The second kappa shape index (κ2) is 4.57. The Balaban J connectivity index is 3.04. The van der Waals surface area contributed by atoms with Gasteiger partial charge in [-0.1, -0.05) is 0 Å². The Labute approximate surface area is 108 Å². The molecule has 1 aliphatic heterocycles.